The first-order chi connectivity index (χ1) is 30.4. The van der Waals surface area contributed by atoms with Crippen LogP contribution in [0.4, 0.5) is 0 Å². The van der Waals surface area contributed by atoms with Gasteiger partial charge < -0.3 is 28.8 Å². The fourth-order valence-corrected chi connectivity index (χ4v) is 8.17. The van der Waals surface area contributed by atoms with Crippen LogP contribution < -0.4 is 23.7 Å². The molecule has 64 heavy (non-hydrogen) atoms. The minimum absolute atomic E-state index is 0.101. The number of aryl methyl sites for hydroxylation is 3. The van der Waals surface area contributed by atoms with Crippen LogP contribution in [0.2, 0.25) is 15.1 Å². The van der Waals surface area contributed by atoms with Crippen molar-refractivity contribution in [2.24, 2.45) is 11.8 Å². The Bertz CT molecular complexity index is 2700. The van der Waals surface area contributed by atoms with Crippen molar-refractivity contribution < 1.29 is 38.4 Å². The van der Waals surface area contributed by atoms with Crippen LogP contribution in [0.25, 0.3) is 0 Å². The highest BCUT2D eigenvalue weighted by atomic mass is 35.5. The van der Waals surface area contributed by atoms with Gasteiger partial charge in [0, 0.05) is 69.1 Å². The average molecular weight is 924 g/mol. The molecule has 0 aliphatic rings. The number of carbonyl (C=O) groups excluding carboxylic acids is 2. The van der Waals surface area contributed by atoms with Crippen molar-refractivity contribution in [1.29, 1.82) is 0 Å². The Balaban J connectivity index is 1.34. The van der Waals surface area contributed by atoms with Crippen LogP contribution in [0.5, 0.6) is 40.2 Å². The van der Waals surface area contributed by atoms with E-state index >= 15 is 0 Å². The molecule has 1 N–H and O–H groups in total. The number of halogens is 3. The zero-order chi connectivity index (χ0) is 46.4. The molecule has 0 fully saturated rings. The zero-order valence-electron chi connectivity index (χ0n) is 37.6. The molecule has 0 aromatic heterocycles. The van der Waals surface area contributed by atoms with E-state index in [2.05, 4.69) is 0 Å². The van der Waals surface area contributed by atoms with Gasteiger partial charge in [-0.3, -0.25) is 9.59 Å². The summed E-state index contributed by atoms with van der Waals surface area (Å²) in [6.45, 7) is 13.0. The third-order valence-corrected chi connectivity index (χ3v) is 11.5. The Morgan fingerprint density at radius 3 is 1.48 bits per heavy atom. The summed E-state index contributed by atoms with van der Waals surface area (Å²) < 4.78 is 30.1. The summed E-state index contributed by atoms with van der Waals surface area (Å²) in [6.07, 6.45) is 1.38. The quantitative estimate of drug-likeness (QED) is 0.0757. The number of carbonyl (C=O) groups is 2. The fourth-order valence-electron chi connectivity index (χ4n) is 7.52. The second-order valence-corrected chi connectivity index (χ2v) is 18.0. The lowest BCUT2D eigenvalue weighted by atomic mass is 9.93. The Morgan fingerprint density at radius 2 is 0.938 bits per heavy atom. The summed E-state index contributed by atoms with van der Waals surface area (Å²) in [5.41, 5.74) is 8.74. The van der Waals surface area contributed by atoms with Gasteiger partial charge in [0.1, 0.15) is 40.2 Å². The first-order valence-electron chi connectivity index (χ1n) is 21.0. The molecular formula is C53H53Cl3O8. The SMILES string of the molecule is COc1ccc(Cl)cc1Cc1cc(Cl)cc(Cc2cc(Cl)ccc2Oc2cc(OC(=O)C(C)C)c(Cc3cc(C)cc(Cc4cc(C)ccc4OC(=O)C(C)C)c3O)cc2C)c1OC. The van der Waals surface area contributed by atoms with Crippen molar-refractivity contribution in [3.05, 3.63) is 167 Å². The maximum absolute atomic E-state index is 13.2. The molecule has 6 aromatic rings. The van der Waals surface area contributed by atoms with E-state index in [1.54, 1.807) is 72.2 Å². The van der Waals surface area contributed by atoms with Gasteiger partial charge in [-0.2, -0.15) is 0 Å². The fraction of sp³-hybridized carbons (Fsp3) is 0.283. The number of rotatable bonds is 16. The molecule has 8 nitrogen and oxygen atoms in total. The minimum Gasteiger partial charge on any atom is -0.507 e. The van der Waals surface area contributed by atoms with Gasteiger partial charge in [-0.05, 0) is 109 Å². The standard InChI is InChI=1S/C53H53Cl3O8/c1-29(2)52(58)63-47-13-10-31(5)16-34(47)20-38-17-32(6)18-39(50(38)57)21-35-19-33(7)48(28-49(35)64-53(59)30(3)4)62-46-15-12-43(55)25-37(46)23-41-27-44(56)26-40(51(41)61-9)22-36-24-42(54)11-14-45(36)60-8/h10-19,24-30,57H,20-23H2,1-9H3. The molecule has 0 bridgehead atoms. The monoisotopic (exact) mass is 922 g/mol. The van der Waals surface area contributed by atoms with Crippen molar-refractivity contribution in [2.45, 2.75) is 74.1 Å². The first-order valence-corrected chi connectivity index (χ1v) is 22.2. The summed E-state index contributed by atoms with van der Waals surface area (Å²) in [7, 11) is 3.24. The van der Waals surface area contributed by atoms with E-state index in [9.17, 15) is 14.7 Å². The Kier molecular flexibility index (Phi) is 15.6. The van der Waals surface area contributed by atoms with Gasteiger partial charge in [-0.25, -0.2) is 0 Å². The normalized spacial score (nSPS) is 11.2. The summed E-state index contributed by atoms with van der Waals surface area (Å²) in [5, 5.41) is 13.4. The molecular weight excluding hydrogens is 871 g/mol. The number of methoxy groups -OCH3 is 2. The molecule has 0 spiro atoms. The van der Waals surface area contributed by atoms with E-state index in [4.69, 9.17) is 58.5 Å². The molecule has 6 aromatic carbocycles. The number of hydrogen-bond donors (Lipinski definition) is 1. The van der Waals surface area contributed by atoms with Crippen LogP contribution in [0.1, 0.15) is 88.9 Å². The number of benzene rings is 6. The highest BCUT2D eigenvalue weighted by molar-refractivity contribution is 6.31. The maximum Gasteiger partial charge on any atom is 0.313 e. The van der Waals surface area contributed by atoms with Gasteiger partial charge >= 0.3 is 11.9 Å². The maximum atomic E-state index is 13.2. The average Bonchev–Trinajstić information content (AvgIpc) is 3.23. The number of phenols is 1. The van der Waals surface area contributed by atoms with Crippen molar-refractivity contribution in [3.63, 3.8) is 0 Å². The molecule has 0 amide bonds. The molecule has 11 heteroatoms. The third kappa shape index (κ3) is 11.7. The van der Waals surface area contributed by atoms with Crippen LogP contribution in [0.15, 0.2) is 91.0 Å². The third-order valence-electron chi connectivity index (χ3n) is 10.8. The lowest BCUT2D eigenvalue weighted by molar-refractivity contribution is -0.138. The van der Waals surface area contributed by atoms with Gasteiger partial charge in [0.05, 0.1) is 26.1 Å². The van der Waals surface area contributed by atoms with Gasteiger partial charge in [-0.15, -0.1) is 0 Å². The smallest absolute Gasteiger partial charge is 0.313 e. The number of esters is 2. The first kappa shape index (κ1) is 47.8. The Hall–Kier alpha value is -5.67. The molecule has 0 heterocycles. The van der Waals surface area contributed by atoms with E-state index < -0.39 is 11.9 Å². The minimum atomic E-state index is -0.417. The second-order valence-electron chi connectivity index (χ2n) is 16.7. The molecule has 0 aliphatic heterocycles. The molecule has 0 aliphatic carbocycles. The van der Waals surface area contributed by atoms with E-state index in [-0.39, 0.29) is 24.1 Å². The topological polar surface area (TPSA) is 101 Å². The highest BCUT2D eigenvalue weighted by Crippen LogP contribution is 2.41. The van der Waals surface area contributed by atoms with Crippen molar-refractivity contribution in [2.75, 3.05) is 14.2 Å². The predicted molar refractivity (Wildman–Crippen MR) is 255 cm³/mol. The number of hydrogen-bond acceptors (Lipinski definition) is 8. The summed E-state index contributed by atoms with van der Waals surface area (Å²) >= 11 is 19.7. The molecule has 0 atom stereocenters. The van der Waals surface area contributed by atoms with E-state index in [0.29, 0.717) is 85.5 Å². The molecule has 6 rings (SSSR count). The molecule has 0 unspecified atom stereocenters. The van der Waals surface area contributed by atoms with Crippen molar-refractivity contribution in [1.82, 2.24) is 0 Å². The second kappa shape index (κ2) is 20.9. The largest absolute Gasteiger partial charge is 0.507 e. The van der Waals surface area contributed by atoms with Crippen molar-refractivity contribution >= 4 is 46.7 Å². The molecule has 0 saturated carbocycles. The Morgan fingerprint density at radius 1 is 0.484 bits per heavy atom. The van der Waals surface area contributed by atoms with E-state index in [1.807, 2.05) is 81.4 Å². The zero-order valence-corrected chi connectivity index (χ0v) is 39.9. The number of phenolic OH excluding ortho intramolecular Hbond substituents is 1. The summed E-state index contributed by atoms with van der Waals surface area (Å²) in [5.74, 6) is 1.72. The Labute approximate surface area is 391 Å². The van der Waals surface area contributed by atoms with Gasteiger partial charge in [0.2, 0.25) is 0 Å². The van der Waals surface area contributed by atoms with Gasteiger partial charge in [0.25, 0.3) is 0 Å². The van der Waals surface area contributed by atoms with Crippen molar-refractivity contribution in [3.8, 4) is 40.2 Å². The van der Waals surface area contributed by atoms with Crippen LogP contribution >= 0.6 is 34.8 Å². The van der Waals surface area contributed by atoms with Crippen LogP contribution in [0.3, 0.4) is 0 Å². The summed E-state index contributed by atoms with van der Waals surface area (Å²) in [4.78, 5) is 25.8. The lowest BCUT2D eigenvalue weighted by Gasteiger charge is -2.20. The predicted octanol–water partition coefficient (Wildman–Crippen LogP) is 13.6. The number of ether oxygens (including phenoxy) is 5. The van der Waals surface area contributed by atoms with Crippen LogP contribution in [-0.4, -0.2) is 31.3 Å². The highest BCUT2D eigenvalue weighted by Gasteiger charge is 2.22. The van der Waals surface area contributed by atoms with E-state index in [1.165, 1.54) is 0 Å². The molecule has 0 saturated heterocycles. The van der Waals surface area contributed by atoms with Gasteiger partial charge in [-0.1, -0.05) is 97.9 Å². The van der Waals surface area contributed by atoms with E-state index in [0.717, 1.165) is 44.5 Å². The molecule has 334 valence electrons. The van der Waals surface area contributed by atoms with Gasteiger partial charge in [0.15, 0.2) is 0 Å². The van der Waals surface area contributed by atoms with Crippen LogP contribution in [0, 0.1) is 32.6 Å². The molecule has 0 radical (unpaired) electrons. The lowest BCUT2D eigenvalue weighted by Crippen LogP contribution is -2.16. The number of aromatic hydroxyl groups is 1. The summed E-state index contributed by atoms with van der Waals surface area (Å²) in [6, 6.07) is 27.7. The van der Waals surface area contributed by atoms with Crippen LogP contribution in [-0.2, 0) is 35.3 Å².